The Bertz CT molecular complexity index is 1070. The SMILES string of the molecule is CCc1ccc(-n2c3ccc(C(=O)O)cc3c3cn(C)nc32)cn1. The molecule has 6 nitrogen and oxygen atoms in total. The Morgan fingerprint density at radius 2 is 2.04 bits per heavy atom. The highest BCUT2D eigenvalue weighted by Gasteiger charge is 2.17. The van der Waals surface area contributed by atoms with Crippen molar-refractivity contribution in [2.24, 2.45) is 7.05 Å². The minimum atomic E-state index is -0.935. The Kier molecular flexibility index (Phi) is 3.13. The van der Waals surface area contributed by atoms with Gasteiger partial charge >= 0.3 is 5.97 Å². The van der Waals surface area contributed by atoms with Crippen LogP contribution in [-0.4, -0.2) is 30.4 Å². The van der Waals surface area contributed by atoms with Crippen LogP contribution < -0.4 is 0 Å². The molecule has 3 heterocycles. The van der Waals surface area contributed by atoms with Crippen LogP contribution in [0.15, 0.2) is 42.7 Å². The van der Waals surface area contributed by atoms with Gasteiger partial charge in [-0.15, -0.1) is 0 Å². The first-order valence-electron chi connectivity index (χ1n) is 7.75. The first-order chi connectivity index (χ1) is 11.6. The molecule has 0 fully saturated rings. The van der Waals surface area contributed by atoms with Gasteiger partial charge in [-0.05, 0) is 36.8 Å². The van der Waals surface area contributed by atoms with Gasteiger partial charge in [0.15, 0.2) is 5.65 Å². The molecule has 24 heavy (non-hydrogen) atoms. The molecule has 0 bridgehead atoms. The summed E-state index contributed by atoms with van der Waals surface area (Å²) in [5.41, 5.74) is 3.92. The van der Waals surface area contributed by atoms with E-state index < -0.39 is 5.97 Å². The van der Waals surface area contributed by atoms with Crippen LogP contribution in [-0.2, 0) is 13.5 Å². The minimum Gasteiger partial charge on any atom is -0.478 e. The number of nitrogens with zero attached hydrogens (tertiary/aromatic N) is 4. The molecular formula is C18H16N4O2. The Hall–Kier alpha value is -3.15. The van der Waals surface area contributed by atoms with Crippen molar-refractivity contribution in [3.8, 4) is 5.69 Å². The van der Waals surface area contributed by atoms with E-state index in [0.717, 1.165) is 39.7 Å². The van der Waals surface area contributed by atoms with Crippen molar-refractivity contribution in [2.45, 2.75) is 13.3 Å². The van der Waals surface area contributed by atoms with Crippen LogP contribution in [0.4, 0.5) is 0 Å². The van der Waals surface area contributed by atoms with Crippen LogP contribution in [0, 0.1) is 0 Å². The van der Waals surface area contributed by atoms with E-state index in [1.807, 2.05) is 42.2 Å². The molecule has 6 heteroatoms. The van der Waals surface area contributed by atoms with Gasteiger partial charge in [0.2, 0.25) is 0 Å². The smallest absolute Gasteiger partial charge is 0.335 e. The van der Waals surface area contributed by atoms with Crippen LogP contribution in [0.2, 0.25) is 0 Å². The van der Waals surface area contributed by atoms with Crippen LogP contribution >= 0.6 is 0 Å². The van der Waals surface area contributed by atoms with Crippen molar-refractivity contribution in [3.63, 3.8) is 0 Å². The number of aryl methyl sites for hydroxylation is 2. The van der Waals surface area contributed by atoms with E-state index in [0.29, 0.717) is 0 Å². The van der Waals surface area contributed by atoms with Crippen molar-refractivity contribution < 1.29 is 9.90 Å². The molecular weight excluding hydrogens is 304 g/mol. The van der Waals surface area contributed by atoms with Crippen molar-refractivity contribution in [1.29, 1.82) is 0 Å². The normalized spacial score (nSPS) is 11.4. The molecule has 0 unspecified atom stereocenters. The van der Waals surface area contributed by atoms with Crippen LogP contribution in [0.1, 0.15) is 23.0 Å². The van der Waals surface area contributed by atoms with Gasteiger partial charge in [0.05, 0.1) is 23.0 Å². The van der Waals surface area contributed by atoms with E-state index in [-0.39, 0.29) is 5.56 Å². The number of carbonyl (C=O) groups is 1. The van der Waals surface area contributed by atoms with E-state index in [2.05, 4.69) is 17.0 Å². The Labute approximate surface area is 138 Å². The number of hydrogen-bond acceptors (Lipinski definition) is 3. The highest BCUT2D eigenvalue weighted by atomic mass is 16.4. The zero-order valence-corrected chi connectivity index (χ0v) is 13.4. The largest absolute Gasteiger partial charge is 0.478 e. The van der Waals surface area contributed by atoms with Gasteiger partial charge in [0, 0.05) is 29.7 Å². The summed E-state index contributed by atoms with van der Waals surface area (Å²) in [5, 5.41) is 15.6. The molecule has 0 spiro atoms. The molecule has 3 aromatic heterocycles. The number of carboxylic acids is 1. The van der Waals surface area contributed by atoms with Crippen molar-refractivity contribution in [1.82, 2.24) is 19.3 Å². The molecule has 0 saturated heterocycles. The number of aromatic carboxylic acids is 1. The lowest BCUT2D eigenvalue weighted by atomic mass is 10.1. The summed E-state index contributed by atoms with van der Waals surface area (Å²) in [5.74, 6) is -0.935. The average molecular weight is 320 g/mol. The van der Waals surface area contributed by atoms with Gasteiger partial charge in [-0.1, -0.05) is 6.92 Å². The van der Waals surface area contributed by atoms with Crippen LogP contribution in [0.5, 0.6) is 0 Å². The third-order valence-corrected chi connectivity index (χ3v) is 4.23. The lowest BCUT2D eigenvalue weighted by Crippen LogP contribution is -1.99. The lowest BCUT2D eigenvalue weighted by molar-refractivity contribution is 0.0697. The fraction of sp³-hybridized carbons (Fsp3) is 0.167. The molecule has 0 saturated carbocycles. The predicted octanol–water partition coefficient (Wildman–Crippen LogP) is 3.17. The average Bonchev–Trinajstić information content (AvgIpc) is 3.09. The quantitative estimate of drug-likeness (QED) is 0.629. The molecule has 0 atom stereocenters. The summed E-state index contributed by atoms with van der Waals surface area (Å²) in [6.07, 6.45) is 4.62. The molecule has 1 N–H and O–H groups in total. The predicted molar refractivity (Wildman–Crippen MR) is 91.7 cm³/mol. The zero-order chi connectivity index (χ0) is 16.8. The Balaban J connectivity index is 2.06. The summed E-state index contributed by atoms with van der Waals surface area (Å²) >= 11 is 0. The maximum atomic E-state index is 11.3. The van der Waals surface area contributed by atoms with Gasteiger partial charge in [0.1, 0.15) is 0 Å². The fourth-order valence-electron chi connectivity index (χ4n) is 3.05. The summed E-state index contributed by atoms with van der Waals surface area (Å²) in [6, 6.07) is 9.17. The maximum absolute atomic E-state index is 11.3. The standard InChI is InChI=1S/C18H16N4O2/c1-3-12-5-6-13(9-19-12)22-16-7-4-11(18(23)24)8-14(16)15-10-21(2)20-17(15)22/h4-10H,3H2,1-2H3,(H,23,24). The number of benzene rings is 1. The van der Waals surface area contributed by atoms with E-state index in [1.54, 1.807) is 16.8 Å². The van der Waals surface area contributed by atoms with E-state index in [1.165, 1.54) is 0 Å². The third-order valence-electron chi connectivity index (χ3n) is 4.23. The summed E-state index contributed by atoms with van der Waals surface area (Å²) in [4.78, 5) is 15.8. The zero-order valence-electron chi connectivity index (χ0n) is 13.4. The second kappa shape index (κ2) is 5.19. The second-order valence-electron chi connectivity index (χ2n) is 5.77. The van der Waals surface area contributed by atoms with Gasteiger partial charge in [-0.3, -0.25) is 14.2 Å². The second-order valence-corrected chi connectivity index (χ2v) is 5.77. The maximum Gasteiger partial charge on any atom is 0.335 e. The Morgan fingerprint density at radius 3 is 2.71 bits per heavy atom. The molecule has 1 aromatic carbocycles. The summed E-state index contributed by atoms with van der Waals surface area (Å²) in [6.45, 7) is 2.07. The summed E-state index contributed by atoms with van der Waals surface area (Å²) in [7, 11) is 1.86. The topological polar surface area (TPSA) is 72.9 Å². The molecule has 0 aliphatic rings. The molecule has 4 rings (SSSR count). The number of hydrogen-bond donors (Lipinski definition) is 1. The lowest BCUT2D eigenvalue weighted by Gasteiger charge is -2.07. The first kappa shape index (κ1) is 14.4. The number of fused-ring (bicyclic) bond motifs is 3. The van der Waals surface area contributed by atoms with E-state index in [9.17, 15) is 9.90 Å². The van der Waals surface area contributed by atoms with Crippen molar-refractivity contribution >= 4 is 27.9 Å². The van der Waals surface area contributed by atoms with Crippen molar-refractivity contribution in [3.05, 3.63) is 54.0 Å². The highest BCUT2D eigenvalue weighted by Crippen LogP contribution is 2.31. The van der Waals surface area contributed by atoms with Crippen molar-refractivity contribution in [2.75, 3.05) is 0 Å². The van der Waals surface area contributed by atoms with Crippen LogP contribution in [0.3, 0.4) is 0 Å². The molecule has 0 radical (unpaired) electrons. The molecule has 0 amide bonds. The monoisotopic (exact) mass is 320 g/mol. The molecule has 0 aliphatic carbocycles. The van der Waals surface area contributed by atoms with E-state index in [4.69, 9.17) is 0 Å². The van der Waals surface area contributed by atoms with Gasteiger partial charge < -0.3 is 5.11 Å². The third kappa shape index (κ3) is 2.07. The number of pyridine rings is 1. The van der Waals surface area contributed by atoms with Gasteiger partial charge in [0.25, 0.3) is 0 Å². The van der Waals surface area contributed by atoms with Crippen LogP contribution in [0.25, 0.3) is 27.6 Å². The molecule has 4 aromatic rings. The number of aromatic nitrogens is 4. The summed E-state index contributed by atoms with van der Waals surface area (Å²) < 4.78 is 3.75. The molecule has 120 valence electrons. The fourth-order valence-corrected chi connectivity index (χ4v) is 3.05. The van der Waals surface area contributed by atoms with Gasteiger partial charge in [-0.25, -0.2) is 4.79 Å². The minimum absolute atomic E-state index is 0.268. The van der Waals surface area contributed by atoms with E-state index >= 15 is 0 Å². The highest BCUT2D eigenvalue weighted by molar-refractivity contribution is 6.09. The Morgan fingerprint density at radius 1 is 1.21 bits per heavy atom. The number of rotatable bonds is 3. The number of carboxylic acid groups (broad SMARTS) is 1. The molecule has 0 aliphatic heterocycles. The van der Waals surface area contributed by atoms with Gasteiger partial charge in [-0.2, -0.15) is 5.10 Å². The first-order valence-corrected chi connectivity index (χ1v) is 7.75.